The molecular weight excluding hydrogens is 248 g/mol. The quantitative estimate of drug-likeness (QED) is 0.871. The zero-order chi connectivity index (χ0) is 14.0. The van der Waals surface area contributed by atoms with Crippen LogP contribution < -0.4 is 9.47 Å². The lowest BCUT2D eigenvalue weighted by Crippen LogP contribution is -2.08. The van der Waals surface area contributed by atoms with Crippen molar-refractivity contribution >= 4 is 0 Å². The number of aromatic nitrogens is 4. The highest BCUT2D eigenvalue weighted by molar-refractivity contribution is 5.39. The van der Waals surface area contributed by atoms with Gasteiger partial charge in [0.15, 0.2) is 0 Å². The molecule has 0 aromatic carbocycles. The van der Waals surface area contributed by atoms with E-state index in [2.05, 4.69) is 15.1 Å². The van der Waals surface area contributed by atoms with Crippen LogP contribution in [-0.2, 0) is 7.05 Å². The molecule has 0 saturated carbocycles. The molecule has 1 unspecified atom stereocenters. The molecule has 2 aromatic rings. The molecule has 7 nitrogen and oxygen atoms in total. The van der Waals surface area contributed by atoms with Crippen LogP contribution in [0.2, 0.25) is 0 Å². The van der Waals surface area contributed by atoms with Gasteiger partial charge in [-0.25, -0.2) is 9.67 Å². The van der Waals surface area contributed by atoms with E-state index in [0.29, 0.717) is 22.8 Å². The standard InChI is InChI=1S/C12H16N4O3/c1-7-8(12(19-4)16(2)15-7)10(17)9-11(18-3)14-6-5-13-9/h5-6,10,17H,1-4H3. The summed E-state index contributed by atoms with van der Waals surface area (Å²) in [6.07, 6.45) is 1.99. The summed E-state index contributed by atoms with van der Waals surface area (Å²) < 4.78 is 11.9. The van der Waals surface area contributed by atoms with Crippen LogP contribution in [0.25, 0.3) is 0 Å². The van der Waals surface area contributed by atoms with E-state index in [9.17, 15) is 5.11 Å². The average molecular weight is 264 g/mol. The van der Waals surface area contributed by atoms with E-state index in [1.807, 2.05) is 0 Å². The van der Waals surface area contributed by atoms with Gasteiger partial charge in [-0.3, -0.25) is 4.98 Å². The first-order chi connectivity index (χ1) is 9.10. The van der Waals surface area contributed by atoms with Gasteiger partial charge in [-0.05, 0) is 6.92 Å². The maximum atomic E-state index is 10.5. The van der Waals surface area contributed by atoms with Crippen LogP contribution in [0.15, 0.2) is 12.4 Å². The number of ether oxygens (including phenoxy) is 2. The van der Waals surface area contributed by atoms with Crippen molar-refractivity contribution in [3.05, 3.63) is 29.3 Å². The van der Waals surface area contributed by atoms with E-state index < -0.39 is 6.10 Å². The minimum absolute atomic E-state index is 0.278. The van der Waals surface area contributed by atoms with Crippen LogP contribution in [0, 0.1) is 6.92 Å². The van der Waals surface area contributed by atoms with E-state index >= 15 is 0 Å². The summed E-state index contributed by atoms with van der Waals surface area (Å²) >= 11 is 0. The molecule has 0 aliphatic carbocycles. The molecule has 102 valence electrons. The van der Waals surface area contributed by atoms with Crippen LogP contribution in [0.5, 0.6) is 11.8 Å². The molecule has 0 aliphatic rings. The van der Waals surface area contributed by atoms with Crippen molar-refractivity contribution in [3.63, 3.8) is 0 Å². The zero-order valence-electron chi connectivity index (χ0n) is 11.3. The Morgan fingerprint density at radius 2 is 1.89 bits per heavy atom. The number of aryl methyl sites for hydroxylation is 2. The molecule has 1 atom stereocenters. The summed E-state index contributed by atoms with van der Waals surface area (Å²) in [6.45, 7) is 1.80. The Morgan fingerprint density at radius 3 is 2.53 bits per heavy atom. The fourth-order valence-electron chi connectivity index (χ4n) is 2.03. The number of rotatable bonds is 4. The second-order valence-electron chi connectivity index (χ2n) is 3.99. The molecule has 0 amide bonds. The van der Waals surface area contributed by atoms with E-state index in [0.717, 1.165) is 0 Å². The van der Waals surface area contributed by atoms with Crippen LogP contribution in [-0.4, -0.2) is 39.1 Å². The van der Waals surface area contributed by atoms with Gasteiger partial charge in [0.1, 0.15) is 11.8 Å². The maximum Gasteiger partial charge on any atom is 0.238 e. The molecule has 0 saturated heterocycles. The van der Waals surface area contributed by atoms with Crippen molar-refractivity contribution < 1.29 is 14.6 Å². The highest BCUT2D eigenvalue weighted by Gasteiger charge is 2.26. The Kier molecular flexibility index (Phi) is 3.66. The van der Waals surface area contributed by atoms with Crippen LogP contribution in [0.3, 0.4) is 0 Å². The molecule has 0 bridgehead atoms. The SMILES string of the molecule is COc1nccnc1C(O)c1c(C)nn(C)c1OC. The summed E-state index contributed by atoms with van der Waals surface area (Å²) in [5.74, 6) is 0.762. The lowest BCUT2D eigenvalue weighted by atomic mass is 10.1. The van der Waals surface area contributed by atoms with Gasteiger partial charge in [0.05, 0.1) is 25.5 Å². The van der Waals surface area contributed by atoms with Crippen molar-refractivity contribution in [2.75, 3.05) is 14.2 Å². The van der Waals surface area contributed by atoms with Crippen LogP contribution >= 0.6 is 0 Å². The number of nitrogens with zero attached hydrogens (tertiary/aromatic N) is 4. The van der Waals surface area contributed by atoms with Gasteiger partial charge in [0.25, 0.3) is 0 Å². The van der Waals surface area contributed by atoms with E-state index in [-0.39, 0.29) is 5.88 Å². The predicted molar refractivity (Wildman–Crippen MR) is 67.1 cm³/mol. The highest BCUT2D eigenvalue weighted by atomic mass is 16.5. The number of hydrogen-bond donors (Lipinski definition) is 1. The van der Waals surface area contributed by atoms with E-state index in [1.54, 1.807) is 18.7 Å². The molecule has 0 spiro atoms. The second-order valence-corrected chi connectivity index (χ2v) is 3.99. The highest BCUT2D eigenvalue weighted by Crippen LogP contribution is 2.34. The Hall–Kier alpha value is -2.15. The summed E-state index contributed by atoms with van der Waals surface area (Å²) in [5, 5.41) is 14.7. The Bertz CT molecular complexity index is 582. The lowest BCUT2D eigenvalue weighted by molar-refractivity contribution is 0.201. The third-order valence-corrected chi connectivity index (χ3v) is 2.82. The molecule has 0 aliphatic heterocycles. The normalized spacial score (nSPS) is 12.3. The predicted octanol–water partition coefficient (Wildman–Crippen LogP) is 0.617. The van der Waals surface area contributed by atoms with Gasteiger partial charge in [-0.1, -0.05) is 0 Å². The van der Waals surface area contributed by atoms with Crippen LogP contribution in [0.1, 0.15) is 23.1 Å². The summed E-state index contributed by atoms with van der Waals surface area (Å²) in [7, 11) is 4.75. The number of aliphatic hydroxyl groups excluding tert-OH is 1. The van der Waals surface area contributed by atoms with Crippen molar-refractivity contribution in [2.24, 2.45) is 7.05 Å². The molecule has 0 radical (unpaired) electrons. The largest absolute Gasteiger partial charge is 0.481 e. The average Bonchev–Trinajstić information content (AvgIpc) is 2.71. The molecule has 1 N–H and O–H groups in total. The number of hydrogen-bond acceptors (Lipinski definition) is 6. The first kappa shape index (κ1) is 13.3. The monoisotopic (exact) mass is 264 g/mol. The minimum atomic E-state index is -1.01. The molecule has 19 heavy (non-hydrogen) atoms. The molecule has 7 heteroatoms. The molecule has 0 fully saturated rings. The smallest absolute Gasteiger partial charge is 0.238 e. The topological polar surface area (TPSA) is 82.3 Å². The third-order valence-electron chi connectivity index (χ3n) is 2.82. The lowest BCUT2D eigenvalue weighted by Gasteiger charge is -2.13. The Labute approximate surface area is 110 Å². The second kappa shape index (κ2) is 5.23. The van der Waals surface area contributed by atoms with E-state index in [4.69, 9.17) is 9.47 Å². The molecule has 2 heterocycles. The first-order valence-corrected chi connectivity index (χ1v) is 5.70. The van der Waals surface area contributed by atoms with Gasteiger partial charge in [-0.15, -0.1) is 0 Å². The Morgan fingerprint density at radius 1 is 1.21 bits per heavy atom. The fraction of sp³-hybridized carbons (Fsp3) is 0.417. The molecular formula is C12H16N4O3. The summed E-state index contributed by atoms with van der Waals surface area (Å²) in [4.78, 5) is 8.14. The Balaban J connectivity index is 2.52. The van der Waals surface area contributed by atoms with Crippen LogP contribution in [0.4, 0.5) is 0 Å². The van der Waals surface area contributed by atoms with Crippen molar-refractivity contribution in [1.82, 2.24) is 19.7 Å². The van der Waals surface area contributed by atoms with Gasteiger partial charge in [0.2, 0.25) is 11.8 Å². The first-order valence-electron chi connectivity index (χ1n) is 5.70. The summed E-state index contributed by atoms with van der Waals surface area (Å²) in [6, 6.07) is 0. The zero-order valence-corrected chi connectivity index (χ0v) is 11.3. The van der Waals surface area contributed by atoms with Gasteiger partial charge >= 0.3 is 0 Å². The van der Waals surface area contributed by atoms with Crippen molar-refractivity contribution in [1.29, 1.82) is 0 Å². The van der Waals surface area contributed by atoms with Gasteiger partial charge in [0, 0.05) is 19.4 Å². The molecule has 2 rings (SSSR count). The fourth-order valence-corrected chi connectivity index (χ4v) is 2.03. The van der Waals surface area contributed by atoms with E-state index in [1.165, 1.54) is 26.6 Å². The number of aliphatic hydroxyl groups is 1. The summed E-state index contributed by atoms with van der Waals surface area (Å²) in [5.41, 5.74) is 1.56. The minimum Gasteiger partial charge on any atom is -0.481 e. The van der Waals surface area contributed by atoms with Gasteiger partial charge in [-0.2, -0.15) is 5.10 Å². The maximum absolute atomic E-state index is 10.5. The third kappa shape index (κ3) is 2.24. The molecule has 2 aromatic heterocycles. The van der Waals surface area contributed by atoms with Gasteiger partial charge < -0.3 is 14.6 Å². The van der Waals surface area contributed by atoms with Crippen molar-refractivity contribution in [3.8, 4) is 11.8 Å². The van der Waals surface area contributed by atoms with Crippen molar-refractivity contribution in [2.45, 2.75) is 13.0 Å². The number of methoxy groups -OCH3 is 2.